The number of aromatic nitrogens is 1. The van der Waals surface area contributed by atoms with E-state index < -0.39 is 17.7 Å². The van der Waals surface area contributed by atoms with Gasteiger partial charge >= 0.3 is 12.1 Å². The number of ketones is 1. The van der Waals surface area contributed by atoms with Gasteiger partial charge in [-0.3, -0.25) is 4.79 Å². The highest BCUT2D eigenvalue weighted by molar-refractivity contribution is 9.10. The molecule has 0 fully saturated rings. The normalized spacial score (nSPS) is 11.1. The molecule has 2 aromatic rings. The largest absolute Gasteiger partial charge is 0.464 e. The van der Waals surface area contributed by atoms with E-state index in [4.69, 9.17) is 9.47 Å². The molecular formula is C19H20BrNO5. The number of methoxy groups -OCH3 is 1. The minimum atomic E-state index is -0.749. The summed E-state index contributed by atoms with van der Waals surface area (Å²) in [6.45, 7) is 5.14. The van der Waals surface area contributed by atoms with Gasteiger partial charge in [0.25, 0.3) is 0 Å². The van der Waals surface area contributed by atoms with Gasteiger partial charge in [0.2, 0.25) is 0 Å². The fraction of sp³-hybridized carbons (Fsp3) is 0.316. The van der Waals surface area contributed by atoms with Crippen LogP contribution in [0.15, 0.2) is 41.0 Å². The van der Waals surface area contributed by atoms with Crippen LogP contribution in [0.4, 0.5) is 4.79 Å². The van der Waals surface area contributed by atoms with Crippen LogP contribution < -0.4 is 0 Å². The lowest BCUT2D eigenvalue weighted by Crippen LogP contribution is -2.28. The fourth-order valence-corrected chi connectivity index (χ4v) is 2.49. The Bertz CT molecular complexity index is 831. The number of benzene rings is 1. The molecule has 0 bridgehead atoms. The molecule has 0 aliphatic rings. The molecule has 0 saturated heterocycles. The van der Waals surface area contributed by atoms with Crippen molar-refractivity contribution in [2.45, 2.75) is 32.8 Å². The maximum Gasteiger partial charge on any atom is 0.419 e. The predicted molar refractivity (Wildman–Crippen MR) is 99.6 cm³/mol. The van der Waals surface area contributed by atoms with Crippen molar-refractivity contribution in [1.29, 1.82) is 0 Å². The average molecular weight is 422 g/mol. The summed E-state index contributed by atoms with van der Waals surface area (Å²) >= 11 is 3.34. The highest BCUT2D eigenvalue weighted by Gasteiger charge is 2.25. The van der Waals surface area contributed by atoms with Crippen LogP contribution in [0.25, 0.3) is 0 Å². The summed E-state index contributed by atoms with van der Waals surface area (Å²) < 4.78 is 11.9. The van der Waals surface area contributed by atoms with Crippen LogP contribution in [-0.2, 0) is 15.9 Å². The Labute approximate surface area is 160 Å². The van der Waals surface area contributed by atoms with Crippen LogP contribution in [0.3, 0.4) is 0 Å². The van der Waals surface area contributed by atoms with Gasteiger partial charge in [0.05, 0.1) is 7.11 Å². The van der Waals surface area contributed by atoms with Gasteiger partial charge in [-0.15, -0.1) is 0 Å². The molecule has 0 aliphatic carbocycles. The van der Waals surface area contributed by atoms with Gasteiger partial charge < -0.3 is 9.47 Å². The molecule has 0 radical (unpaired) electrons. The Kier molecular flexibility index (Phi) is 6.02. The lowest BCUT2D eigenvalue weighted by atomic mass is 10.1. The van der Waals surface area contributed by atoms with E-state index in [1.165, 1.54) is 19.4 Å². The third kappa shape index (κ3) is 5.05. The zero-order chi connectivity index (χ0) is 19.5. The number of Topliss-reactive ketones (excluding diaryl/α,β-unsaturated/α-hetero) is 1. The van der Waals surface area contributed by atoms with Crippen molar-refractivity contribution in [3.63, 3.8) is 0 Å². The number of hydrogen-bond donors (Lipinski definition) is 0. The zero-order valence-electron chi connectivity index (χ0n) is 15.0. The van der Waals surface area contributed by atoms with Crippen molar-refractivity contribution < 1.29 is 23.9 Å². The Morgan fingerprint density at radius 1 is 1.12 bits per heavy atom. The molecule has 0 saturated carbocycles. The zero-order valence-corrected chi connectivity index (χ0v) is 16.6. The van der Waals surface area contributed by atoms with Crippen molar-refractivity contribution in [1.82, 2.24) is 4.57 Å². The van der Waals surface area contributed by atoms with Crippen LogP contribution >= 0.6 is 15.9 Å². The second kappa shape index (κ2) is 7.86. The molecule has 1 aromatic heterocycles. The number of hydrogen-bond acceptors (Lipinski definition) is 5. The molecule has 0 unspecified atom stereocenters. The topological polar surface area (TPSA) is 74.6 Å². The van der Waals surface area contributed by atoms with E-state index in [2.05, 4.69) is 15.9 Å². The fourth-order valence-electron chi connectivity index (χ4n) is 2.23. The van der Waals surface area contributed by atoms with Crippen LogP contribution in [0, 0.1) is 0 Å². The minimum absolute atomic E-state index is 0.0547. The Hall–Kier alpha value is -2.41. The van der Waals surface area contributed by atoms with E-state index in [0.29, 0.717) is 0 Å². The SMILES string of the molecule is COC(=O)c1cc(C(=O)Cc2ccc(Br)cc2)cn1C(=O)OC(C)(C)C. The molecule has 1 aromatic carbocycles. The molecule has 0 aliphatic heterocycles. The smallest absolute Gasteiger partial charge is 0.419 e. The number of rotatable bonds is 4. The van der Waals surface area contributed by atoms with E-state index in [9.17, 15) is 14.4 Å². The summed E-state index contributed by atoms with van der Waals surface area (Å²) in [6, 6.07) is 8.68. The summed E-state index contributed by atoms with van der Waals surface area (Å²) in [7, 11) is 1.21. The van der Waals surface area contributed by atoms with Crippen molar-refractivity contribution >= 4 is 33.8 Å². The quantitative estimate of drug-likeness (QED) is 0.544. The van der Waals surface area contributed by atoms with Crippen molar-refractivity contribution in [3.05, 3.63) is 57.8 Å². The third-order valence-corrected chi connectivity index (χ3v) is 3.93. The Morgan fingerprint density at radius 2 is 1.73 bits per heavy atom. The summed E-state index contributed by atoms with van der Waals surface area (Å²) in [4.78, 5) is 36.9. The molecular weight excluding hydrogens is 402 g/mol. The van der Waals surface area contributed by atoms with E-state index in [0.717, 1.165) is 14.6 Å². The molecule has 7 heteroatoms. The number of halogens is 1. The van der Waals surface area contributed by atoms with Crippen LogP contribution in [0.1, 0.15) is 47.2 Å². The standard InChI is InChI=1S/C19H20BrNO5/c1-19(2,3)26-18(24)21-11-13(10-15(21)17(23)25-4)16(22)9-12-5-7-14(20)8-6-12/h5-8,10-11H,9H2,1-4H3. The van der Waals surface area contributed by atoms with Crippen molar-refractivity contribution in [2.24, 2.45) is 0 Å². The molecule has 0 spiro atoms. The first-order valence-electron chi connectivity index (χ1n) is 7.92. The Balaban J connectivity index is 2.31. The van der Waals surface area contributed by atoms with Crippen molar-refractivity contribution in [2.75, 3.05) is 7.11 Å². The molecule has 138 valence electrons. The van der Waals surface area contributed by atoms with Gasteiger partial charge in [-0.05, 0) is 44.5 Å². The van der Waals surface area contributed by atoms with Gasteiger partial charge in [-0.25, -0.2) is 14.2 Å². The second-order valence-corrected chi connectivity index (χ2v) is 7.60. The molecule has 6 nitrogen and oxygen atoms in total. The summed E-state index contributed by atoms with van der Waals surface area (Å²) in [5.74, 6) is -0.946. The van der Waals surface area contributed by atoms with Gasteiger partial charge in [0, 0.05) is 22.7 Å². The number of ether oxygens (including phenoxy) is 2. The minimum Gasteiger partial charge on any atom is -0.464 e. The second-order valence-electron chi connectivity index (χ2n) is 6.68. The van der Waals surface area contributed by atoms with E-state index in [1.807, 2.05) is 24.3 Å². The van der Waals surface area contributed by atoms with Crippen molar-refractivity contribution in [3.8, 4) is 0 Å². The number of carbonyl (C=O) groups excluding carboxylic acids is 3. The first-order valence-corrected chi connectivity index (χ1v) is 8.71. The van der Waals surface area contributed by atoms with Crippen LogP contribution in [-0.4, -0.2) is 35.1 Å². The first kappa shape index (κ1) is 19.9. The lowest BCUT2D eigenvalue weighted by molar-refractivity contribution is 0.0483. The van der Waals surface area contributed by atoms with Gasteiger partial charge in [-0.2, -0.15) is 0 Å². The van der Waals surface area contributed by atoms with Crippen LogP contribution in [0.5, 0.6) is 0 Å². The highest BCUT2D eigenvalue weighted by atomic mass is 79.9. The van der Waals surface area contributed by atoms with Crippen LogP contribution in [0.2, 0.25) is 0 Å². The molecule has 2 rings (SSSR count). The number of nitrogens with zero attached hydrogens (tertiary/aromatic N) is 1. The molecule has 1 heterocycles. The van der Waals surface area contributed by atoms with E-state index >= 15 is 0 Å². The number of esters is 1. The third-order valence-electron chi connectivity index (χ3n) is 3.40. The monoisotopic (exact) mass is 421 g/mol. The molecule has 0 N–H and O–H groups in total. The van der Waals surface area contributed by atoms with E-state index in [1.54, 1.807) is 20.8 Å². The maximum absolute atomic E-state index is 12.6. The highest BCUT2D eigenvalue weighted by Crippen LogP contribution is 2.18. The summed E-state index contributed by atoms with van der Waals surface area (Å²) in [6.07, 6.45) is 0.703. The summed E-state index contributed by atoms with van der Waals surface area (Å²) in [5, 5.41) is 0. The maximum atomic E-state index is 12.6. The predicted octanol–water partition coefficient (Wildman–Crippen LogP) is 4.25. The first-order chi connectivity index (χ1) is 12.1. The number of carbonyl (C=O) groups is 3. The van der Waals surface area contributed by atoms with Gasteiger partial charge in [0.15, 0.2) is 5.78 Å². The van der Waals surface area contributed by atoms with E-state index in [-0.39, 0.29) is 23.5 Å². The average Bonchev–Trinajstić information content (AvgIpc) is 3.00. The van der Waals surface area contributed by atoms with Gasteiger partial charge in [0.1, 0.15) is 11.3 Å². The summed E-state index contributed by atoms with van der Waals surface area (Å²) in [5.41, 5.74) is 0.263. The Morgan fingerprint density at radius 3 is 2.27 bits per heavy atom. The molecule has 0 atom stereocenters. The molecule has 26 heavy (non-hydrogen) atoms. The lowest BCUT2D eigenvalue weighted by Gasteiger charge is -2.20. The van der Waals surface area contributed by atoms with Gasteiger partial charge in [-0.1, -0.05) is 28.1 Å². The molecule has 0 amide bonds.